The number of aromatic nitrogens is 2. The number of hydrogen-bond acceptors (Lipinski definition) is 6. The molecule has 0 aliphatic carbocycles. The minimum atomic E-state index is 0.159. The third-order valence-corrected chi connectivity index (χ3v) is 4.62. The predicted molar refractivity (Wildman–Crippen MR) is 98.5 cm³/mol. The standard InChI is InChI=1S/C19H26N4O3/c1-4-25-16-7-5-14(6-8-16)13-17(24)23-11-9-15(10-12-23)18-20-19(21-26-18)22(2)3/h5-8,15H,4,9-13H2,1-3H3. The topological polar surface area (TPSA) is 71.7 Å². The zero-order valence-electron chi connectivity index (χ0n) is 15.6. The molecule has 1 amide bonds. The van der Waals surface area contributed by atoms with Crippen LogP contribution in [0.1, 0.15) is 37.1 Å². The Labute approximate surface area is 153 Å². The summed E-state index contributed by atoms with van der Waals surface area (Å²) in [6.07, 6.45) is 2.12. The van der Waals surface area contributed by atoms with E-state index in [-0.39, 0.29) is 11.8 Å². The lowest BCUT2D eigenvalue weighted by atomic mass is 9.96. The fourth-order valence-corrected chi connectivity index (χ4v) is 3.11. The van der Waals surface area contributed by atoms with Gasteiger partial charge in [0.2, 0.25) is 11.8 Å². The van der Waals surface area contributed by atoms with Crippen LogP contribution in [-0.2, 0) is 11.2 Å². The number of anilines is 1. The monoisotopic (exact) mass is 358 g/mol. The van der Waals surface area contributed by atoms with Gasteiger partial charge in [0.25, 0.3) is 5.95 Å². The molecule has 0 unspecified atom stereocenters. The Morgan fingerprint density at radius 2 is 1.96 bits per heavy atom. The molecule has 1 aromatic carbocycles. The summed E-state index contributed by atoms with van der Waals surface area (Å²) in [5.74, 6) is 2.49. The van der Waals surface area contributed by atoms with Crippen LogP contribution in [-0.4, -0.2) is 54.7 Å². The Morgan fingerprint density at radius 3 is 2.54 bits per heavy atom. The molecular formula is C19H26N4O3. The Hall–Kier alpha value is -2.57. The highest BCUT2D eigenvalue weighted by Gasteiger charge is 2.27. The van der Waals surface area contributed by atoms with Crippen LogP contribution in [0, 0.1) is 0 Å². The van der Waals surface area contributed by atoms with Crippen molar-refractivity contribution in [3.05, 3.63) is 35.7 Å². The van der Waals surface area contributed by atoms with Gasteiger partial charge >= 0.3 is 0 Å². The van der Waals surface area contributed by atoms with Gasteiger partial charge in [-0.15, -0.1) is 0 Å². The lowest BCUT2D eigenvalue weighted by Gasteiger charge is -2.30. The van der Waals surface area contributed by atoms with Gasteiger partial charge in [0.1, 0.15) is 5.75 Å². The maximum atomic E-state index is 12.6. The number of piperidine rings is 1. The van der Waals surface area contributed by atoms with Crippen molar-refractivity contribution < 1.29 is 14.1 Å². The van der Waals surface area contributed by atoms with Crippen molar-refractivity contribution in [1.82, 2.24) is 15.0 Å². The molecule has 26 heavy (non-hydrogen) atoms. The van der Waals surface area contributed by atoms with Crippen molar-refractivity contribution >= 4 is 11.9 Å². The Bertz CT molecular complexity index is 719. The summed E-state index contributed by atoms with van der Waals surface area (Å²) in [5, 5.41) is 3.97. The van der Waals surface area contributed by atoms with Crippen LogP contribution >= 0.6 is 0 Å². The van der Waals surface area contributed by atoms with E-state index in [4.69, 9.17) is 9.26 Å². The summed E-state index contributed by atoms with van der Waals surface area (Å²) in [6, 6.07) is 7.74. The van der Waals surface area contributed by atoms with E-state index in [1.54, 1.807) is 0 Å². The minimum Gasteiger partial charge on any atom is -0.494 e. The lowest BCUT2D eigenvalue weighted by molar-refractivity contribution is -0.131. The van der Waals surface area contributed by atoms with E-state index in [9.17, 15) is 4.79 Å². The maximum Gasteiger partial charge on any atom is 0.265 e. The van der Waals surface area contributed by atoms with E-state index in [1.807, 2.05) is 55.1 Å². The molecule has 0 bridgehead atoms. The summed E-state index contributed by atoms with van der Waals surface area (Å²) in [7, 11) is 3.77. The number of hydrogen-bond donors (Lipinski definition) is 0. The molecule has 0 radical (unpaired) electrons. The van der Waals surface area contributed by atoms with Crippen LogP contribution in [0.3, 0.4) is 0 Å². The van der Waals surface area contributed by atoms with Crippen molar-refractivity contribution in [2.45, 2.75) is 32.1 Å². The molecule has 2 heterocycles. The summed E-state index contributed by atoms with van der Waals surface area (Å²) in [4.78, 5) is 20.7. The molecule has 0 saturated carbocycles. The minimum absolute atomic E-state index is 0.159. The molecule has 140 valence electrons. The van der Waals surface area contributed by atoms with Crippen molar-refractivity contribution in [3.8, 4) is 5.75 Å². The highest BCUT2D eigenvalue weighted by Crippen LogP contribution is 2.28. The number of likely N-dealkylation sites (tertiary alicyclic amines) is 1. The largest absolute Gasteiger partial charge is 0.494 e. The van der Waals surface area contributed by atoms with Crippen LogP contribution in [0.15, 0.2) is 28.8 Å². The zero-order chi connectivity index (χ0) is 18.5. The van der Waals surface area contributed by atoms with E-state index in [0.717, 1.165) is 37.2 Å². The van der Waals surface area contributed by atoms with Crippen LogP contribution in [0.5, 0.6) is 5.75 Å². The van der Waals surface area contributed by atoms with Gasteiger partial charge in [0, 0.05) is 33.1 Å². The summed E-state index contributed by atoms with van der Waals surface area (Å²) < 4.78 is 10.8. The Morgan fingerprint density at radius 1 is 1.27 bits per heavy atom. The van der Waals surface area contributed by atoms with Gasteiger partial charge in [0.15, 0.2) is 0 Å². The normalized spacial score (nSPS) is 15.1. The fourth-order valence-electron chi connectivity index (χ4n) is 3.11. The first-order chi connectivity index (χ1) is 12.6. The second kappa shape index (κ2) is 8.21. The smallest absolute Gasteiger partial charge is 0.265 e. The van der Waals surface area contributed by atoms with Gasteiger partial charge in [-0.1, -0.05) is 12.1 Å². The highest BCUT2D eigenvalue weighted by atomic mass is 16.5. The second-order valence-electron chi connectivity index (χ2n) is 6.74. The van der Waals surface area contributed by atoms with Gasteiger partial charge < -0.3 is 19.1 Å². The molecule has 0 N–H and O–H groups in total. The quantitative estimate of drug-likeness (QED) is 0.790. The molecule has 1 aliphatic rings. The lowest BCUT2D eigenvalue weighted by Crippen LogP contribution is -2.38. The van der Waals surface area contributed by atoms with Gasteiger partial charge in [-0.25, -0.2) is 0 Å². The number of carbonyl (C=O) groups excluding carboxylic acids is 1. The summed E-state index contributed by atoms with van der Waals surface area (Å²) in [6.45, 7) is 4.04. The molecule has 0 spiro atoms. The predicted octanol–water partition coefficient (Wildman–Crippen LogP) is 2.48. The molecule has 1 saturated heterocycles. The molecular weight excluding hydrogens is 332 g/mol. The van der Waals surface area contributed by atoms with Gasteiger partial charge in [-0.2, -0.15) is 4.98 Å². The first-order valence-corrected chi connectivity index (χ1v) is 9.07. The summed E-state index contributed by atoms with van der Waals surface area (Å²) in [5.41, 5.74) is 1.01. The summed E-state index contributed by atoms with van der Waals surface area (Å²) >= 11 is 0. The average molecular weight is 358 g/mol. The molecule has 2 aromatic rings. The van der Waals surface area contributed by atoms with Crippen LogP contribution in [0.4, 0.5) is 5.95 Å². The molecule has 1 fully saturated rings. The van der Waals surface area contributed by atoms with E-state index >= 15 is 0 Å². The van der Waals surface area contributed by atoms with Crippen molar-refractivity contribution in [2.24, 2.45) is 0 Å². The van der Waals surface area contributed by atoms with E-state index in [0.29, 0.717) is 24.9 Å². The third kappa shape index (κ3) is 4.33. The second-order valence-corrected chi connectivity index (χ2v) is 6.74. The van der Waals surface area contributed by atoms with Gasteiger partial charge in [-0.3, -0.25) is 4.79 Å². The number of ether oxygens (including phenoxy) is 1. The Kier molecular flexibility index (Phi) is 5.75. The van der Waals surface area contributed by atoms with Crippen molar-refractivity contribution in [2.75, 3.05) is 38.7 Å². The van der Waals surface area contributed by atoms with Crippen LogP contribution < -0.4 is 9.64 Å². The molecule has 1 aliphatic heterocycles. The Balaban J connectivity index is 1.51. The molecule has 7 heteroatoms. The van der Waals surface area contributed by atoms with Crippen molar-refractivity contribution in [1.29, 1.82) is 0 Å². The fraction of sp³-hybridized carbons (Fsp3) is 0.526. The number of carbonyl (C=O) groups is 1. The first-order valence-electron chi connectivity index (χ1n) is 9.07. The SMILES string of the molecule is CCOc1ccc(CC(=O)N2CCC(c3nc(N(C)C)no3)CC2)cc1. The first kappa shape index (κ1) is 18.2. The van der Waals surface area contributed by atoms with Gasteiger partial charge in [0.05, 0.1) is 13.0 Å². The van der Waals surface area contributed by atoms with Crippen molar-refractivity contribution in [3.63, 3.8) is 0 Å². The zero-order valence-corrected chi connectivity index (χ0v) is 15.6. The molecule has 0 atom stereocenters. The van der Waals surface area contributed by atoms with Crippen LogP contribution in [0.2, 0.25) is 0 Å². The number of rotatable bonds is 6. The van der Waals surface area contributed by atoms with Crippen LogP contribution in [0.25, 0.3) is 0 Å². The third-order valence-electron chi connectivity index (χ3n) is 4.62. The molecule has 7 nitrogen and oxygen atoms in total. The number of amides is 1. The number of benzene rings is 1. The average Bonchev–Trinajstić information content (AvgIpc) is 3.14. The maximum absolute atomic E-state index is 12.6. The van der Waals surface area contributed by atoms with E-state index in [2.05, 4.69) is 10.1 Å². The number of nitrogens with zero attached hydrogens (tertiary/aromatic N) is 4. The van der Waals surface area contributed by atoms with E-state index in [1.165, 1.54) is 0 Å². The highest BCUT2D eigenvalue weighted by molar-refractivity contribution is 5.78. The van der Waals surface area contributed by atoms with E-state index < -0.39 is 0 Å². The molecule has 3 rings (SSSR count). The van der Waals surface area contributed by atoms with Gasteiger partial charge in [-0.05, 0) is 42.6 Å². The molecule has 1 aromatic heterocycles.